The summed E-state index contributed by atoms with van der Waals surface area (Å²) < 4.78 is 39.9. The van der Waals surface area contributed by atoms with E-state index in [0.29, 0.717) is 17.7 Å². The Hall–Kier alpha value is -0.850. The Morgan fingerprint density at radius 2 is 1.71 bits per heavy atom. The van der Waals surface area contributed by atoms with Gasteiger partial charge in [-0.05, 0) is 39.0 Å². The second kappa shape index (κ2) is 4.80. The zero-order valence-corrected chi connectivity index (χ0v) is 10.7. The summed E-state index contributed by atoms with van der Waals surface area (Å²) in [5.41, 5.74) is 0.140. The third-order valence-corrected chi connectivity index (χ3v) is 3.76. The lowest BCUT2D eigenvalue weighted by molar-refractivity contribution is 0.214. The standard InChI is InChI=1S/C11H6BrF3OS/c12-10-1-5(4-17-10)11(16)6-2-8(14)9(15)3-7(6)13/h1-4,11,16H. The van der Waals surface area contributed by atoms with Crippen molar-refractivity contribution in [3.63, 3.8) is 0 Å². The van der Waals surface area contributed by atoms with Crippen LogP contribution in [0, 0.1) is 17.5 Å². The Labute approximate surface area is 108 Å². The Bertz CT molecular complexity index is 556. The van der Waals surface area contributed by atoms with Gasteiger partial charge in [0.05, 0.1) is 3.79 Å². The van der Waals surface area contributed by atoms with E-state index >= 15 is 0 Å². The van der Waals surface area contributed by atoms with E-state index in [1.165, 1.54) is 11.3 Å². The van der Waals surface area contributed by atoms with Crippen molar-refractivity contribution in [3.8, 4) is 0 Å². The Kier molecular flexibility index (Phi) is 3.56. The van der Waals surface area contributed by atoms with Crippen molar-refractivity contribution in [1.29, 1.82) is 0 Å². The van der Waals surface area contributed by atoms with Crippen LogP contribution in [0.4, 0.5) is 13.2 Å². The lowest BCUT2D eigenvalue weighted by atomic mass is 10.0. The fraction of sp³-hybridized carbons (Fsp3) is 0.0909. The van der Waals surface area contributed by atoms with Gasteiger partial charge in [-0.2, -0.15) is 0 Å². The minimum absolute atomic E-state index is 0.283. The topological polar surface area (TPSA) is 20.2 Å². The fourth-order valence-electron chi connectivity index (χ4n) is 1.39. The number of hydrogen-bond donors (Lipinski definition) is 1. The molecule has 2 rings (SSSR count). The number of hydrogen-bond acceptors (Lipinski definition) is 2. The van der Waals surface area contributed by atoms with E-state index in [4.69, 9.17) is 0 Å². The number of thiophene rings is 1. The highest BCUT2D eigenvalue weighted by Crippen LogP contribution is 2.31. The zero-order valence-electron chi connectivity index (χ0n) is 8.25. The van der Waals surface area contributed by atoms with E-state index in [1.54, 1.807) is 11.4 Å². The summed E-state index contributed by atoms with van der Waals surface area (Å²) in [6, 6.07) is 2.69. The fourth-order valence-corrected chi connectivity index (χ4v) is 2.59. The highest BCUT2D eigenvalue weighted by molar-refractivity contribution is 9.11. The lowest BCUT2D eigenvalue weighted by Gasteiger charge is -2.10. The van der Waals surface area contributed by atoms with E-state index in [0.717, 1.165) is 3.79 Å². The number of aliphatic hydroxyl groups excluding tert-OH is 1. The lowest BCUT2D eigenvalue weighted by Crippen LogP contribution is -2.03. The van der Waals surface area contributed by atoms with E-state index in [1.807, 2.05) is 0 Å². The predicted molar refractivity (Wildman–Crippen MR) is 62.4 cm³/mol. The molecule has 17 heavy (non-hydrogen) atoms. The molecule has 2 aromatic rings. The van der Waals surface area contributed by atoms with Gasteiger partial charge in [-0.15, -0.1) is 11.3 Å². The van der Waals surface area contributed by atoms with Crippen molar-refractivity contribution < 1.29 is 18.3 Å². The Balaban J connectivity index is 2.43. The molecule has 0 radical (unpaired) electrons. The molecule has 6 heteroatoms. The first-order chi connectivity index (χ1) is 7.99. The normalized spacial score (nSPS) is 12.8. The minimum Gasteiger partial charge on any atom is -0.384 e. The average molecular weight is 323 g/mol. The van der Waals surface area contributed by atoms with Crippen LogP contribution < -0.4 is 0 Å². The summed E-state index contributed by atoms with van der Waals surface area (Å²) in [5.74, 6) is -3.43. The number of benzene rings is 1. The molecule has 0 amide bonds. The quantitative estimate of drug-likeness (QED) is 0.828. The average Bonchev–Trinajstić information content (AvgIpc) is 2.69. The maximum absolute atomic E-state index is 13.4. The van der Waals surface area contributed by atoms with Gasteiger partial charge in [-0.3, -0.25) is 0 Å². The number of halogens is 4. The molecule has 1 atom stereocenters. The smallest absolute Gasteiger partial charge is 0.161 e. The molecule has 0 saturated heterocycles. The molecule has 1 aromatic heterocycles. The molecule has 0 aliphatic heterocycles. The van der Waals surface area contributed by atoms with Gasteiger partial charge in [-0.1, -0.05) is 0 Å². The van der Waals surface area contributed by atoms with E-state index in [9.17, 15) is 18.3 Å². The molecule has 90 valence electrons. The van der Waals surface area contributed by atoms with Crippen LogP contribution in [0.15, 0.2) is 27.4 Å². The third kappa shape index (κ3) is 2.53. The molecule has 0 fully saturated rings. The Morgan fingerprint density at radius 1 is 1.06 bits per heavy atom. The van der Waals surface area contributed by atoms with Crippen molar-refractivity contribution in [2.45, 2.75) is 6.10 Å². The largest absolute Gasteiger partial charge is 0.384 e. The summed E-state index contributed by atoms with van der Waals surface area (Å²) >= 11 is 4.50. The van der Waals surface area contributed by atoms with Crippen LogP contribution in [0.3, 0.4) is 0 Å². The molecule has 0 bridgehead atoms. The van der Waals surface area contributed by atoms with Crippen molar-refractivity contribution in [2.75, 3.05) is 0 Å². The van der Waals surface area contributed by atoms with Crippen molar-refractivity contribution in [1.82, 2.24) is 0 Å². The van der Waals surface area contributed by atoms with Gasteiger partial charge in [0.15, 0.2) is 11.6 Å². The second-order valence-electron chi connectivity index (χ2n) is 3.37. The third-order valence-electron chi connectivity index (χ3n) is 2.24. The molecular weight excluding hydrogens is 317 g/mol. The molecule has 1 unspecified atom stereocenters. The first kappa shape index (κ1) is 12.6. The molecule has 0 aliphatic rings. The molecule has 1 aromatic carbocycles. The highest BCUT2D eigenvalue weighted by atomic mass is 79.9. The van der Waals surface area contributed by atoms with Crippen LogP contribution in [-0.4, -0.2) is 5.11 Å². The highest BCUT2D eigenvalue weighted by Gasteiger charge is 2.19. The Morgan fingerprint density at radius 3 is 2.29 bits per heavy atom. The number of rotatable bonds is 2. The molecule has 1 heterocycles. The van der Waals surface area contributed by atoms with Gasteiger partial charge in [0.25, 0.3) is 0 Å². The summed E-state index contributed by atoms with van der Waals surface area (Å²) in [6.07, 6.45) is -1.31. The molecule has 0 spiro atoms. The zero-order chi connectivity index (χ0) is 12.6. The molecule has 1 nitrogen and oxygen atoms in total. The minimum atomic E-state index is -1.31. The van der Waals surface area contributed by atoms with Crippen molar-refractivity contribution in [2.24, 2.45) is 0 Å². The molecule has 1 N–H and O–H groups in total. The predicted octanol–water partition coefficient (Wildman–Crippen LogP) is 4.01. The maximum Gasteiger partial charge on any atom is 0.161 e. The van der Waals surface area contributed by atoms with Crippen LogP contribution in [-0.2, 0) is 0 Å². The number of aliphatic hydroxyl groups is 1. The van der Waals surface area contributed by atoms with Crippen LogP contribution >= 0.6 is 27.3 Å². The molecule has 0 saturated carbocycles. The van der Waals surface area contributed by atoms with Crippen LogP contribution in [0.2, 0.25) is 0 Å². The SMILES string of the molecule is OC(c1csc(Br)c1)c1cc(F)c(F)cc1F. The summed E-state index contributed by atoms with van der Waals surface area (Å²) in [5, 5.41) is 11.5. The van der Waals surface area contributed by atoms with Gasteiger partial charge in [0.2, 0.25) is 0 Å². The molecule has 0 aliphatic carbocycles. The van der Waals surface area contributed by atoms with Gasteiger partial charge in [-0.25, -0.2) is 13.2 Å². The van der Waals surface area contributed by atoms with Gasteiger partial charge in [0, 0.05) is 11.6 Å². The van der Waals surface area contributed by atoms with Gasteiger partial charge in [0.1, 0.15) is 11.9 Å². The van der Waals surface area contributed by atoms with Crippen LogP contribution in [0.25, 0.3) is 0 Å². The van der Waals surface area contributed by atoms with Gasteiger partial charge >= 0.3 is 0 Å². The maximum atomic E-state index is 13.4. The van der Waals surface area contributed by atoms with E-state index in [2.05, 4.69) is 15.9 Å². The van der Waals surface area contributed by atoms with Crippen molar-refractivity contribution >= 4 is 27.3 Å². The van der Waals surface area contributed by atoms with Crippen molar-refractivity contribution in [3.05, 3.63) is 55.9 Å². The first-order valence-electron chi connectivity index (χ1n) is 4.55. The van der Waals surface area contributed by atoms with Crippen LogP contribution in [0.5, 0.6) is 0 Å². The summed E-state index contributed by atoms with van der Waals surface area (Å²) in [4.78, 5) is 0. The van der Waals surface area contributed by atoms with E-state index in [-0.39, 0.29) is 5.56 Å². The first-order valence-corrected chi connectivity index (χ1v) is 6.22. The van der Waals surface area contributed by atoms with Gasteiger partial charge < -0.3 is 5.11 Å². The van der Waals surface area contributed by atoms with E-state index < -0.39 is 23.6 Å². The second-order valence-corrected chi connectivity index (χ2v) is 5.66. The monoisotopic (exact) mass is 322 g/mol. The summed E-state index contributed by atoms with van der Waals surface area (Å²) in [7, 11) is 0. The summed E-state index contributed by atoms with van der Waals surface area (Å²) in [6.45, 7) is 0. The van der Waals surface area contributed by atoms with Crippen LogP contribution in [0.1, 0.15) is 17.2 Å². The molecular formula is C11H6BrF3OS.